The minimum absolute atomic E-state index is 0.395. The maximum absolute atomic E-state index is 11.6. The Morgan fingerprint density at radius 2 is 2.22 bits per heavy atom. The topological polar surface area (TPSA) is 83.0 Å². The number of anilines is 1. The molecule has 94 valence electrons. The first kappa shape index (κ1) is 12.1. The van der Waals surface area contributed by atoms with Gasteiger partial charge in [-0.2, -0.15) is 0 Å². The van der Waals surface area contributed by atoms with Gasteiger partial charge in [0, 0.05) is 6.20 Å². The summed E-state index contributed by atoms with van der Waals surface area (Å²) in [6.45, 7) is 2.27. The Labute approximate surface area is 104 Å². The lowest BCUT2D eigenvalue weighted by Crippen LogP contribution is -2.12. The van der Waals surface area contributed by atoms with E-state index in [9.17, 15) is 4.79 Å². The highest BCUT2D eigenvalue weighted by Crippen LogP contribution is 2.11. The third kappa shape index (κ3) is 2.32. The lowest BCUT2D eigenvalue weighted by atomic mass is 10.2. The minimum atomic E-state index is -0.395. The molecular weight excluding hydrogens is 232 g/mol. The number of imidazole rings is 1. The highest BCUT2D eigenvalue weighted by atomic mass is 16.5. The number of aryl methyl sites for hydroxylation is 1. The molecule has 0 aliphatic carbocycles. The number of methoxy groups -OCH3 is 1. The first-order valence-corrected chi connectivity index (χ1v) is 5.42. The molecule has 6 nitrogen and oxygen atoms in total. The zero-order chi connectivity index (χ0) is 13.1. The van der Waals surface area contributed by atoms with Crippen molar-refractivity contribution in [3.63, 3.8) is 0 Å². The van der Waals surface area contributed by atoms with Crippen LogP contribution in [0, 0.1) is 6.92 Å². The van der Waals surface area contributed by atoms with Gasteiger partial charge in [0.1, 0.15) is 5.82 Å². The van der Waals surface area contributed by atoms with Crippen LogP contribution < -0.4 is 5.73 Å². The Hall–Kier alpha value is -2.37. The zero-order valence-corrected chi connectivity index (χ0v) is 10.3. The maximum Gasteiger partial charge on any atom is 0.356 e. The summed E-state index contributed by atoms with van der Waals surface area (Å²) in [6.07, 6.45) is 3.28. The molecule has 18 heavy (non-hydrogen) atoms. The summed E-state index contributed by atoms with van der Waals surface area (Å²) in [6, 6.07) is 3.58. The molecule has 0 amide bonds. The maximum atomic E-state index is 11.6. The summed E-state index contributed by atoms with van der Waals surface area (Å²) in [5, 5.41) is 0. The number of carbonyl (C=O) groups excluding carboxylic acids is 1. The van der Waals surface area contributed by atoms with Crippen LogP contribution in [0.25, 0.3) is 0 Å². The summed E-state index contributed by atoms with van der Waals surface area (Å²) in [5.74, 6) is 0.0714. The van der Waals surface area contributed by atoms with Crippen LogP contribution in [0.2, 0.25) is 0 Å². The summed E-state index contributed by atoms with van der Waals surface area (Å²) in [4.78, 5) is 19.8. The molecule has 2 N–H and O–H groups in total. The monoisotopic (exact) mass is 246 g/mol. The van der Waals surface area contributed by atoms with Crippen molar-refractivity contribution in [1.29, 1.82) is 0 Å². The first-order chi connectivity index (χ1) is 8.61. The molecule has 0 aliphatic rings. The van der Waals surface area contributed by atoms with Gasteiger partial charge >= 0.3 is 5.97 Å². The molecule has 2 aromatic rings. The number of hydrogen-bond donors (Lipinski definition) is 1. The van der Waals surface area contributed by atoms with Crippen LogP contribution in [0.5, 0.6) is 0 Å². The molecule has 0 unspecified atom stereocenters. The standard InChI is InChI=1S/C12H14N4O2/c1-8-11(12(17)18-2)16(7-15-8)6-9-3-4-10(13)14-5-9/h3-5,7H,6H2,1-2H3,(H2,13,14). The first-order valence-electron chi connectivity index (χ1n) is 5.42. The van der Waals surface area contributed by atoms with Crippen LogP contribution in [0.3, 0.4) is 0 Å². The fraction of sp³-hybridized carbons (Fsp3) is 0.250. The van der Waals surface area contributed by atoms with Crippen LogP contribution in [0.1, 0.15) is 21.7 Å². The van der Waals surface area contributed by atoms with Gasteiger partial charge in [0.15, 0.2) is 5.69 Å². The van der Waals surface area contributed by atoms with E-state index < -0.39 is 5.97 Å². The van der Waals surface area contributed by atoms with E-state index in [0.717, 1.165) is 5.56 Å². The molecule has 0 spiro atoms. The number of aromatic nitrogens is 3. The molecule has 0 saturated heterocycles. The molecule has 2 rings (SSSR count). The molecule has 0 saturated carbocycles. The second-order valence-electron chi connectivity index (χ2n) is 3.89. The highest BCUT2D eigenvalue weighted by molar-refractivity contribution is 5.88. The number of nitrogen functional groups attached to an aromatic ring is 1. The van der Waals surface area contributed by atoms with Gasteiger partial charge in [0.05, 0.1) is 25.7 Å². The van der Waals surface area contributed by atoms with Crippen LogP contribution >= 0.6 is 0 Å². The lowest BCUT2D eigenvalue weighted by Gasteiger charge is -2.07. The van der Waals surface area contributed by atoms with Crippen molar-refractivity contribution in [3.05, 3.63) is 41.6 Å². The van der Waals surface area contributed by atoms with Crippen molar-refractivity contribution < 1.29 is 9.53 Å². The van der Waals surface area contributed by atoms with Crippen molar-refractivity contribution in [2.24, 2.45) is 0 Å². The van der Waals surface area contributed by atoms with E-state index in [4.69, 9.17) is 10.5 Å². The fourth-order valence-electron chi connectivity index (χ4n) is 1.69. The number of hydrogen-bond acceptors (Lipinski definition) is 5. The lowest BCUT2D eigenvalue weighted by molar-refractivity contribution is 0.0588. The molecule has 2 aromatic heterocycles. The Morgan fingerprint density at radius 3 is 2.83 bits per heavy atom. The predicted octanol–water partition coefficient (Wildman–Crippen LogP) is 1.00. The average molecular weight is 246 g/mol. The predicted molar refractivity (Wildman–Crippen MR) is 66.1 cm³/mol. The molecule has 0 aromatic carbocycles. The van der Waals surface area contributed by atoms with Crippen LogP contribution in [0.4, 0.5) is 5.82 Å². The Bertz CT molecular complexity index is 560. The normalized spacial score (nSPS) is 10.3. The Morgan fingerprint density at radius 1 is 1.44 bits per heavy atom. The van der Waals surface area contributed by atoms with E-state index in [0.29, 0.717) is 23.8 Å². The molecule has 0 bridgehead atoms. The van der Waals surface area contributed by atoms with Crippen molar-refractivity contribution in [1.82, 2.24) is 14.5 Å². The second kappa shape index (κ2) is 4.87. The van der Waals surface area contributed by atoms with Gasteiger partial charge in [-0.25, -0.2) is 14.8 Å². The fourth-order valence-corrected chi connectivity index (χ4v) is 1.69. The Kier molecular flexibility index (Phi) is 3.27. The molecule has 0 atom stereocenters. The summed E-state index contributed by atoms with van der Waals surface area (Å²) >= 11 is 0. The number of esters is 1. The summed E-state index contributed by atoms with van der Waals surface area (Å²) in [5.41, 5.74) is 7.55. The smallest absolute Gasteiger partial charge is 0.356 e. The van der Waals surface area contributed by atoms with Crippen LogP contribution in [-0.2, 0) is 11.3 Å². The highest BCUT2D eigenvalue weighted by Gasteiger charge is 2.16. The molecule has 6 heteroatoms. The number of pyridine rings is 1. The van der Waals surface area contributed by atoms with Crippen molar-refractivity contribution >= 4 is 11.8 Å². The summed E-state index contributed by atoms with van der Waals surface area (Å²) in [7, 11) is 1.35. The third-order valence-electron chi connectivity index (χ3n) is 2.60. The number of nitrogens with zero attached hydrogens (tertiary/aromatic N) is 3. The average Bonchev–Trinajstić information content (AvgIpc) is 2.72. The number of nitrogens with two attached hydrogens (primary N) is 1. The van der Waals surface area contributed by atoms with E-state index in [2.05, 4.69) is 9.97 Å². The van der Waals surface area contributed by atoms with E-state index in [-0.39, 0.29) is 0 Å². The van der Waals surface area contributed by atoms with Gasteiger partial charge in [-0.05, 0) is 18.6 Å². The minimum Gasteiger partial charge on any atom is -0.464 e. The van der Waals surface area contributed by atoms with Gasteiger partial charge in [-0.3, -0.25) is 0 Å². The molecule has 0 radical (unpaired) electrons. The molecule has 0 fully saturated rings. The van der Waals surface area contributed by atoms with E-state index in [1.807, 2.05) is 6.07 Å². The number of carbonyl (C=O) groups is 1. The van der Waals surface area contributed by atoms with E-state index >= 15 is 0 Å². The number of rotatable bonds is 3. The Balaban J connectivity index is 2.29. The largest absolute Gasteiger partial charge is 0.464 e. The molecule has 0 aliphatic heterocycles. The van der Waals surface area contributed by atoms with Crippen molar-refractivity contribution in [2.75, 3.05) is 12.8 Å². The van der Waals surface area contributed by atoms with Gasteiger partial charge in [-0.1, -0.05) is 6.07 Å². The molecular formula is C12H14N4O2. The number of ether oxygens (including phenoxy) is 1. The van der Waals surface area contributed by atoms with Gasteiger partial charge < -0.3 is 15.0 Å². The van der Waals surface area contributed by atoms with Crippen molar-refractivity contribution in [3.8, 4) is 0 Å². The SMILES string of the molecule is COC(=O)c1c(C)ncn1Cc1ccc(N)nc1. The van der Waals surface area contributed by atoms with E-state index in [1.54, 1.807) is 30.1 Å². The van der Waals surface area contributed by atoms with E-state index in [1.165, 1.54) is 7.11 Å². The van der Waals surface area contributed by atoms with Crippen LogP contribution in [-0.4, -0.2) is 27.6 Å². The van der Waals surface area contributed by atoms with Gasteiger partial charge in [0.25, 0.3) is 0 Å². The van der Waals surface area contributed by atoms with Gasteiger partial charge in [0.2, 0.25) is 0 Å². The molecule has 2 heterocycles. The quantitative estimate of drug-likeness (QED) is 0.817. The second-order valence-corrected chi connectivity index (χ2v) is 3.89. The van der Waals surface area contributed by atoms with Crippen LogP contribution in [0.15, 0.2) is 24.7 Å². The third-order valence-corrected chi connectivity index (χ3v) is 2.60. The van der Waals surface area contributed by atoms with Crippen molar-refractivity contribution in [2.45, 2.75) is 13.5 Å². The van der Waals surface area contributed by atoms with Gasteiger partial charge in [-0.15, -0.1) is 0 Å². The zero-order valence-electron chi connectivity index (χ0n) is 10.3. The summed E-state index contributed by atoms with van der Waals surface area (Å²) < 4.78 is 6.47.